The molecular weight excluding hydrogens is 348 g/mol. The van der Waals surface area contributed by atoms with E-state index in [0.717, 1.165) is 12.8 Å². The molecule has 1 saturated heterocycles. The minimum absolute atomic E-state index is 0.0497. The van der Waals surface area contributed by atoms with Crippen molar-refractivity contribution in [1.29, 1.82) is 0 Å². The first-order valence-electron chi connectivity index (χ1n) is 8.96. The molecule has 1 fully saturated rings. The van der Waals surface area contributed by atoms with Gasteiger partial charge in [-0.3, -0.25) is 9.59 Å². The van der Waals surface area contributed by atoms with E-state index >= 15 is 0 Å². The summed E-state index contributed by atoms with van der Waals surface area (Å²) in [7, 11) is 0. The number of amides is 2. The Hall–Kier alpha value is -2.33. The van der Waals surface area contributed by atoms with Crippen molar-refractivity contribution in [3.63, 3.8) is 0 Å². The maximum absolute atomic E-state index is 12.8. The molecule has 2 aromatic carbocycles. The summed E-state index contributed by atoms with van der Waals surface area (Å²) in [5, 5.41) is 3.22. The highest BCUT2D eigenvalue weighted by atomic mass is 35.5. The molecule has 1 aliphatic rings. The Morgan fingerprint density at radius 1 is 1.00 bits per heavy atom. The lowest BCUT2D eigenvalue weighted by atomic mass is 9.96. The molecule has 0 bridgehead atoms. The lowest BCUT2D eigenvalue weighted by Crippen LogP contribution is -2.47. The van der Waals surface area contributed by atoms with Gasteiger partial charge in [-0.1, -0.05) is 23.7 Å². The summed E-state index contributed by atoms with van der Waals surface area (Å²) >= 11 is 6.05. The summed E-state index contributed by atoms with van der Waals surface area (Å²) in [5.41, 5.74) is 1.69. The number of piperidine rings is 1. The lowest BCUT2D eigenvalue weighted by molar-refractivity contribution is 0.0510. The van der Waals surface area contributed by atoms with Crippen molar-refractivity contribution in [1.82, 2.24) is 4.90 Å². The number of benzene rings is 2. The van der Waals surface area contributed by atoms with Crippen LogP contribution in [0.5, 0.6) is 0 Å². The van der Waals surface area contributed by atoms with Crippen molar-refractivity contribution in [3.8, 4) is 0 Å². The van der Waals surface area contributed by atoms with Crippen molar-refractivity contribution in [2.45, 2.75) is 45.2 Å². The SMILES string of the molecule is CC1CCCC(C)N1C(=O)c1ccc(NC(=O)c2ccccc2Cl)cc1. The van der Waals surface area contributed by atoms with Crippen molar-refractivity contribution in [2.24, 2.45) is 0 Å². The molecule has 2 atom stereocenters. The minimum Gasteiger partial charge on any atom is -0.333 e. The van der Waals surface area contributed by atoms with Gasteiger partial charge in [-0.05, 0) is 69.5 Å². The number of nitrogens with one attached hydrogen (secondary N) is 1. The molecule has 0 aromatic heterocycles. The molecule has 0 radical (unpaired) electrons. The maximum Gasteiger partial charge on any atom is 0.257 e. The third kappa shape index (κ3) is 3.91. The molecule has 0 saturated carbocycles. The van der Waals surface area contributed by atoms with Crippen molar-refractivity contribution < 1.29 is 9.59 Å². The predicted octanol–water partition coefficient (Wildman–Crippen LogP) is 5.00. The number of hydrogen-bond donors (Lipinski definition) is 1. The van der Waals surface area contributed by atoms with Crippen LogP contribution >= 0.6 is 11.6 Å². The molecule has 2 amide bonds. The first-order chi connectivity index (χ1) is 12.5. The van der Waals surface area contributed by atoms with E-state index in [9.17, 15) is 9.59 Å². The second kappa shape index (κ2) is 7.92. The summed E-state index contributed by atoms with van der Waals surface area (Å²) in [6.45, 7) is 4.21. The fourth-order valence-electron chi connectivity index (χ4n) is 3.51. The standard InChI is InChI=1S/C21H23ClN2O2/c1-14-6-5-7-15(2)24(14)21(26)16-10-12-17(13-11-16)23-20(25)18-8-3-4-9-19(18)22/h3-4,8-15H,5-7H2,1-2H3,(H,23,25). The Morgan fingerprint density at radius 2 is 1.62 bits per heavy atom. The zero-order chi connectivity index (χ0) is 18.7. The molecule has 0 aliphatic carbocycles. The first kappa shape index (κ1) is 18.5. The Balaban J connectivity index is 1.71. The van der Waals surface area contributed by atoms with Gasteiger partial charge in [-0.2, -0.15) is 0 Å². The van der Waals surface area contributed by atoms with Crippen molar-refractivity contribution >= 4 is 29.1 Å². The molecule has 3 rings (SSSR count). The molecule has 136 valence electrons. The van der Waals surface area contributed by atoms with Gasteiger partial charge in [0.05, 0.1) is 10.6 Å². The lowest BCUT2D eigenvalue weighted by Gasteiger charge is -2.39. The fraction of sp³-hybridized carbons (Fsp3) is 0.333. The highest BCUT2D eigenvalue weighted by Crippen LogP contribution is 2.25. The predicted molar refractivity (Wildman–Crippen MR) is 105 cm³/mol. The van der Waals surface area contributed by atoms with Crippen LogP contribution in [-0.2, 0) is 0 Å². The Bertz CT molecular complexity index is 794. The van der Waals surface area contributed by atoms with Crippen LogP contribution in [0.4, 0.5) is 5.69 Å². The van der Waals surface area contributed by atoms with Crippen LogP contribution in [0.25, 0.3) is 0 Å². The summed E-state index contributed by atoms with van der Waals surface area (Å²) in [4.78, 5) is 27.1. The zero-order valence-corrected chi connectivity index (χ0v) is 15.8. The summed E-state index contributed by atoms with van der Waals surface area (Å²) < 4.78 is 0. The van der Waals surface area contributed by atoms with E-state index in [1.807, 2.05) is 4.90 Å². The van der Waals surface area contributed by atoms with Gasteiger partial charge in [0.25, 0.3) is 11.8 Å². The summed E-state index contributed by atoms with van der Waals surface area (Å²) in [6, 6.07) is 14.4. The molecule has 26 heavy (non-hydrogen) atoms. The second-order valence-corrected chi connectivity index (χ2v) is 7.26. The quantitative estimate of drug-likeness (QED) is 0.826. The van der Waals surface area contributed by atoms with Crippen LogP contribution in [0.1, 0.15) is 53.8 Å². The third-order valence-electron chi connectivity index (χ3n) is 4.94. The fourth-order valence-corrected chi connectivity index (χ4v) is 3.73. The highest BCUT2D eigenvalue weighted by Gasteiger charge is 2.29. The molecule has 2 unspecified atom stereocenters. The smallest absolute Gasteiger partial charge is 0.257 e. The molecule has 1 N–H and O–H groups in total. The van der Waals surface area contributed by atoms with Gasteiger partial charge in [0.2, 0.25) is 0 Å². The average Bonchev–Trinajstić information content (AvgIpc) is 2.62. The van der Waals surface area contributed by atoms with E-state index < -0.39 is 0 Å². The van der Waals surface area contributed by atoms with E-state index in [1.165, 1.54) is 6.42 Å². The number of hydrogen-bond acceptors (Lipinski definition) is 2. The molecule has 4 nitrogen and oxygen atoms in total. The molecular formula is C21H23ClN2O2. The van der Waals surface area contributed by atoms with Gasteiger partial charge in [0.15, 0.2) is 0 Å². The third-order valence-corrected chi connectivity index (χ3v) is 5.27. The number of carbonyl (C=O) groups excluding carboxylic acids is 2. The van der Waals surface area contributed by atoms with Gasteiger partial charge >= 0.3 is 0 Å². The minimum atomic E-state index is -0.270. The number of carbonyl (C=O) groups is 2. The molecule has 1 aliphatic heterocycles. The molecule has 2 aromatic rings. The van der Waals surface area contributed by atoms with E-state index in [0.29, 0.717) is 21.8 Å². The van der Waals surface area contributed by atoms with Crippen LogP contribution in [0.15, 0.2) is 48.5 Å². The second-order valence-electron chi connectivity index (χ2n) is 6.85. The Kier molecular flexibility index (Phi) is 5.62. The van der Waals surface area contributed by atoms with Gasteiger partial charge in [0.1, 0.15) is 0 Å². The largest absolute Gasteiger partial charge is 0.333 e. The van der Waals surface area contributed by atoms with Gasteiger partial charge < -0.3 is 10.2 Å². The normalized spacial score (nSPS) is 19.9. The molecule has 0 spiro atoms. The topological polar surface area (TPSA) is 49.4 Å². The highest BCUT2D eigenvalue weighted by molar-refractivity contribution is 6.34. The van der Waals surface area contributed by atoms with Gasteiger partial charge in [-0.25, -0.2) is 0 Å². The van der Waals surface area contributed by atoms with Crippen molar-refractivity contribution in [2.75, 3.05) is 5.32 Å². The van der Waals surface area contributed by atoms with Gasteiger partial charge in [-0.15, -0.1) is 0 Å². The van der Waals surface area contributed by atoms with Crippen LogP contribution in [0, 0.1) is 0 Å². The van der Waals surface area contributed by atoms with Gasteiger partial charge in [0, 0.05) is 23.3 Å². The number of likely N-dealkylation sites (tertiary alicyclic amines) is 1. The number of anilines is 1. The van der Waals surface area contributed by atoms with Crippen molar-refractivity contribution in [3.05, 3.63) is 64.7 Å². The van der Waals surface area contributed by atoms with E-state index in [4.69, 9.17) is 11.6 Å². The summed E-state index contributed by atoms with van der Waals surface area (Å²) in [6.07, 6.45) is 3.25. The van der Waals surface area contributed by atoms with Crippen LogP contribution < -0.4 is 5.32 Å². The van der Waals surface area contributed by atoms with Crippen LogP contribution in [0.3, 0.4) is 0 Å². The molecule has 1 heterocycles. The Morgan fingerprint density at radius 3 is 2.23 bits per heavy atom. The van der Waals surface area contributed by atoms with E-state index in [1.54, 1.807) is 48.5 Å². The van der Waals surface area contributed by atoms with E-state index in [-0.39, 0.29) is 23.9 Å². The summed E-state index contributed by atoms with van der Waals surface area (Å²) in [5.74, 6) is -0.221. The Labute approximate surface area is 159 Å². The number of nitrogens with zero attached hydrogens (tertiary/aromatic N) is 1. The monoisotopic (exact) mass is 370 g/mol. The van der Waals surface area contributed by atoms with Crippen LogP contribution in [0.2, 0.25) is 5.02 Å². The van der Waals surface area contributed by atoms with E-state index in [2.05, 4.69) is 19.2 Å². The first-order valence-corrected chi connectivity index (χ1v) is 9.34. The maximum atomic E-state index is 12.8. The average molecular weight is 371 g/mol. The number of rotatable bonds is 3. The molecule has 5 heteroatoms. The van der Waals surface area contributed by atoms with Crippen LogP contribution in [-0.4, -0.2) is 28.8 Å². The number of halogens is 1. The zero-order valence-electron chi connectivity index (χ0n) is 15.0.